The first kappa shape index (κ1) is 20.1. The van der Waals surface area contributed by atoms with Crippen LogP contribution in [-0.2, 0) is 0 Å². The molecule has 3 heteroatoms. The summed E-state index contributed by atoms with van der Waals surface area (Å²) in [7, 11) is -2.69. The third kappa shape index (κ3) is 4.38. The molecule has 0 amide bonds. The van der Waals surface area contributed by atoms with E-state index in [0.717, 1.165) is 22.5 Å². The van der Waals surface area contributed by atoms with Gasteiger partial charge in [-0.2, -0.15) is 0 Å². The smallest absolute Gasteiger partial charge is 0.326 e. The fraction of sp³-hybridized carbons (Fsp3) is 0. The van der Waals surface area contributed by atoms with Crippen molar-refractivity contribution in [1.82, 2.24) is 0 Å². The van der Waals surface area contributed by atoms with E-state index in [-0.39, 0.29) is 0 Å². The average Bonchev–Trinajstić information content (AvgIpc) is 2.85. The van der Waals surface area contributed by atoms with Gasteiger partial charge in [-0.05, 0) is 58.9 Å². The van der Waals surface area contributed by atoms with E-state index in [1.807, 2.05) is 60.7 Å². The quantitative estimate of drug-likeness (QED) is 0.360. The summed E-state index contributed by atoms with van der Waals surface area (Å²) in [5, 5.41) is 2.42. The molecule has 0 aliphatic heterocycles. The molecule has 4 aromatic carbocycles. The molecular weight excluding hydrogens is 392 g/mol. The highest BCUT2D eigenvalue weighted by molar-refractivity contribution is 7.06. The van der Waals surface area contributed by atoms with E-state index in [0.29, 0.717) is 0 Å². The minimum Gasteiger partial charge on any atom is -0.387 e. The SMILES string of the molecule is C#Cc1ccc(N[Si](Nc2ccc(C#C)cc2)(c2ccccc2)c2ccccc2)cc1. The third-order valence-corrected chi connectivity index (χ3v) is 8.91. The summed E-state index contributed by atoms with van der Waals surface area (Å²) in [5.74, 6) is 5.37. The molecule has 0 bridgehead atoms. The fourth-order valence-corrected chi connectivity index (χ4v) is 7.15. The van der Waals surface area contributed by atoms with Gasteiger partial charge in [0.15, 0.2) is 0 Å². The lowest BCUT2D eigenvalue weighted by Crippen LogP contribution is -2.70. The highest BCUT2D eigenvalue weighted by atomic mass is 28.3. The van der Waals surface area contributed by atoms with Gasteiger partial charge in [0.05, 0.1) is 0 Å². The summed E-state index contributed by atoms with van der Waals surface area (Å²) >= 11 is 0. The molecule has 0 unspecified atom stereocenters. The van der Waals surface area contributed by atoms with Gasteiger partial charge < -0.3 is 9.96 Å². The van der Waals surface area contributed by atoms with E-state index in [1.165, 1.54) is 10.4 Å². The lowest BCUT2D eigenvalue weighted by molar-refractivity contribution is 1.53. The Kier molecular flexibility index (Phi) is 5.90. The maximum atomic E-state index is 5.55. The van der Waals surface area contributed by atoms with Gasteiger partial charge >= 0.3 is 8.40 Å². The zero-order valence-electron chi connectivity index (χ0n) is 17.0. The molecule has 0 saturated carbocycles. The van der Waals surface area contributed by atoms with Crippen molar-refractivity contribution < 1.29 is 0 Å². The normalized spacial score (nSPS) is 10.5. The molecule has 0 aliphatic carbocycles. The van der Waals surface area contributed by atoms with Crippen molar-refractivity contribution in [2.75, 3.05) is 9.96 Å². The summed E-state index contributed by atoms with van der Waals surface area (Å²) < 4.78 is 0. The molecule has 0 aromatic heterocycles. The molecule has 4 rings (SSSR count). The van der Waals surface area contributed by atoms with E-state index >= 15 is 0 Å². The number of hydrogen-bond acceptors (Lipinski definition) is 2. The maximum absolute atomic E-state index is 5.55. The van der Waals surface area contributed by atoms with Crippen LogP contribution < -0.4 is 20.3 Å². The molecule has 31 heavy (non-hydrogen) atoms. The van der Waals surface area contributed by atoms with Gasteiger partial charge in [0.25, 0.3) is 0 Å². The Balaban J connectivity index is 1.87. The van der Waals surface area contributed by atoms with Crippen molar-refractivity contribution in [3.05, 3.63) is 120 Å². The molecule has 0 heterocycles. The van der Waals surface area contributed by atoms with Gasteiger partial charge in [-0.3, -0.25) is 0 Å². The molecule has 148 valence electrons. The lowest BCUT2D eigenvalue weighted by Gasteiger charge is -2.35. The van der Waals surface area contributed by atoms with Crippen molar-refractivity contribution >= 4 is 30.1 Å². The zero-order valence-corrected chi connectivity index (χ0v) is 18.0. The van der Waals surface area contributed by atoms with Crippen molar-refractivity contribution in [1.29, 1.82) is 0 Å². The van der Waals surface area contributed by atoms with Crippen LogP contribution in [0.15, 0.2) is 109 Å². The minimum absolute atomic E-state index is 0.857. The van der Waals surface area contributed by atoms with Crippen molar-refractivity contribution in [2.45, 2.75) is 0 Å². The Hall–Kier alpha value is -4.18. The first-order valence-corrected chi connectivity index (χ1v) is 12.0. The Bertz CT molecular complexity index is 1120. The van der Waals surface area contributed by atoms with Gasteiger partial charge in [0, 0.05) is 22.5 Å². The van der Waals surface area contributed by atoms with Crippen molar-refractivity contribution in [3.8, 4) is 24.7 Å². The zero-order chi connectivity index (χ0) is 21.5. The minimum atomic E-state index is -2.69. The van der Waals surface area contributed by atoms with Crippen molar-refractivity contribution in [2.24, 2.45) is 0 Å². The molecular formula is C28H22N2Si. The van der Waals surface area contributed by atoms with E-state index in [9.17, 15) is 0 Å². The summed E-state index contributed by atoms with van der Waals surface area (Å²) in [6, 6.07) is 37.0. The first-order chi connectivity index (χ1) is 15.2. The predicted molar refractivity (Wildman–Crippen MR) is 134 cm³/mol. The van der Waals surface area contributed by atoms with Crippen LogP contribution in [0.25, 0.3) is 0 Å². The van der Waals surface area contributed by atoms with Crippen molar-refractivity contribution in [3.63, 3.8) is 0 Å². The second-order valence-corrected chi connectivity index (χ2v) is 10.3. The molecule has 0 aliphatic rings. The molecule has 0 saturated heterocycles. The van der Waals surface area contributed by atoms with Crippen LogP contribution in [0.3, 0.4) is 0 Å². The van der Waals surface area contributed by atoms with Gasteiger partial charge in [0.2, 0.25) is 0 Å². The second-order valence-electron chi connectivity index (χ2n) is 7.18. The molecule has 4 aromatic rings. The number of benzene rings is 4. The Morgan fingerprint density at radius 1 is 0.484 bits per heavy atom. The summed E-state index contributed by atoms with van der Waals surface area (Å²) in [4.78, 5) is 7.74. The van der Waals surface area contributed by atoms with Gasteiger partial charge in [-0.25, -0.2) is 0 Å². The van der Waals surface area contributed by atoms with Crippen LogP contribution in [0, 0.1) is 24.7 Å². The molecule has 0 radical (unpaired) electrons. The Labute approximate surface area is 185 Å². The van der Waals surface area contributed by atoms with E-state index in [4.69, 9.17) is 12.8 Å². The second kappa shape index (κ2) is 9.09. The van der Waals surface area contributed by atoms with Gasteiger partial charge in [0.1, 0.15) is 0 Å². The van der Waals surface area contributed by atoms with Crippen LogP contribution in [-0.4, -0.2) is 8.40 Å². The Morgan fingerprint density at radius 3 is 1.16 bits per heavy atom. The molecule has 2 nitrogen and oxygen atoms in total. The Morgan fingerprint density at radius 2 is 0.839 bits per heavy atom. The monoisotopic (exact) mass is 414 g/mol. The van der Waals surface area contributed by atoms with Crippen LogP contribution >= 0.6 is 0 Å². The number of anilines is 2. The third-order valence-electron chi connectivity index (χ3n) is 5.18. The fourth-order valence-electron chi connectivity index (χ4n) is 3.60. The van der Waals surface area contributed by atoms with Crippen LogP contribution in [0.4, 0.5) is 11.4 Å². The summed E-state index contributed by atoms with van der Waals surface area (Å²) in [6.07, 6.45) is 11.1. The van der Waals surface area contributed by atoms with Gasteiger partial charge in [-0.15, -0.1) is 12.8 Å². The van der Waals surface area contributed by atoms with E-state index in [2.05, 4.69) is 70.3 Å². The number of terminal acetylenes is 2. The predicted octanol–water partition coefficient (Wildman–Crippen LogP) is 4.43. The van der Waals surface area contributed by atoms with Crippen LogP contribution in [0.2, 0.25) is 0 Å². The largest absolute Gasteiger partial charge is 0.387 e. The summed E-state index contributed by atoms with van der Waals surface area (Å²) in [5.41, 5.74) is 3.72. The molecule has 0 fully saturated rings. The highest BCUT2D eigenvalue weighted by Gasteiger charge is 2.39. The number of nitrogens with one attached hydrogen (secondary N) is 2. The topological polar surface area (TPSA) is 24.1 Å². The molecule has 0 spiro atoms. The van der Waals surface area contributed by atoms with E-state index < -0.39 is 8.40 Å². The van der Waals surface area contributed by atoms with E-state index in [1.54, 1.807) is 0 Å². The molecule has 2 N–H and O–H groups in total. The van der Waals surface area contributed by atoms with Crippen LogP contribution in [0.5, 0.6) is 0 Å². The average molecular weight is 415 g/mol. The first-order valence-electron chi connectivity index (χ1n) is 10.0. The number of rotatable bonds is 6. The molecule has 0 atom stereocenters. The summed E-state index contributed by atoms with van der Waals surface area (Å²) in [6.45, 7) is 0. The highest BCUT2D eigenvalue weighted by Crippen LogP contribution is 2.18. The lowest BCUT2D eigenvalue weighted by atomic mass is 10.2. The maximum Gasteiger partial charge on any atom is 0.326 e. The number of hydrogen-bond donors (Lipinski definition) is 2. The standard InChI is InChI=1S/C28H22N2Si/c1-3-23-15-19-25(20-16-23)29-31(27-11-7-5-8-12-27,28-13-9-6-10-14-28)30-26-21-17-24(4-2)18-22-26/h1-2,5-22,29-30H. The van der Waals surface area contributed by atoms with Crippen LogP contribution in [0.1, 0.15) is 11.1 Å². The van der Waals surface area contributed by atoms with Gasteiger partial charge in [-0.1, -0.05) is 72.5 Å².